The molecule has 0 heterocycles. The van der Waals surface area contributed by atoms with Gasteiger partial charge in [0.15, 0.2) is 11.5 Å². The lowest BCUT2D eigenvalue weighted by Gasteiger charge is -2.17. The number of ether oxygens (including phenoxy) is 2. The van der Waals surface area contributed by atoms with Crippen LogP contribution in [0.15, 0.2) is 47.4 Å². The lowest BCUT2D eigenvalue weighted by Crippen LogP contribution is -2.42. The van der Waals surface area contributed by atoms with Crippen molar-refractivity contribution in [1.82, 2.24) is 10.3 Å². The quantitative estimate of drug-likeness (QED) is 0.645. The van der Waals surface area contributed by atoms with Crippen LogP contribution < -0.4 is 19.7 Å². The van der Waals surface area contributed by atoms with Crippen molar-refractivity contribution in [3.05, 3.63) is 64.1 Å². The second kappa shape index (κ2) is 9.11. The zero-order chi connectivity index (χ0) is 20.9. The van der Waals surface area contributed by atoms with Crippen LogP contribution in [-0.2, 0) is 16.4 Å². The van der Waals surface area contributed by atoms with Crippen LogP contribution in [0.25, 0.3) is 6.08 Å². The summed E-state index contributed by atoms with van der Waals surface area (Å²) in [6.45, 7) is 2.51. The molecule has 2 aromatic carbocycles. The summed E-state index contributed by atoms with van der Waals surface area (Å²) < 4.78 is 36.0. The number of fused-ring (bicyclic) bond motifs is 1. The molecule has 0 spiro atoms. The highest BCUT2D eigenvalue weighted by Crippen LogP contribution is 2.28. The average molecular weight is 416 g/mol. The second-order valence-electron chi connectivity index (χ2n) is 6.58. The first kappa shape index (κ1) is 20.9. The van der Waals surface area contributed by atoms with Gasteiger partial charge >= 0.3 is 0 Å². The molecule has 3 rings (SSSR count). The average Bonchev–Trinajstić information content (AvgIpc) is 2.75. The number of rotatable bonds is 8. The number of carbonyl (C=O) groups is 1. The molecule has 0 aromatic heterocycles. The zero-order valence-electron chi connectivity index (χ0n) is 16.4. The van der Waals surface area contributed by atoms with Crippen molar-refractivity contribution in [2.24, 2.45) is 0 Å². The molecule has 7 nitrogen and oxygen atoms in total. The Kier molecular flexibility index (Phi) is 6.56. The Morgan fingerprint density at radius 1 is 1.10 bits per heavy atom. The van der Waals surface area contributed by atoms with E-state index in [0.29, 0.717) is 30.9 Å². The Bertz CT molecular complexity index is 1030. The molecule has 1 aliphatic carbocycles. The second-order valence-corrected chi connectivity index (χ2v) is 8.32. The predicted octanol–water partition coefficient (Wildman–Crippen LogP) is 3.04. The molecule has 8 heteroatoms. The van der Waals surface area contributed by atoms with Crippen LogP contribution in [0.4, 0.5) is 0 Å². The van der Waals surface area contributed by atoms with E-state index in [1.165, 1.54) is 13.2 Å². The number of hydrogen-bond donors (Lipinski definition) is 2. The third-order valence-electron chi connectivity index (χ3n) is 4.54. The number of amides is 1. The number of methoxy groups -OCH3 is 1. The Labute approximate surface area is 170 Å². The van der Waals surface area contributed by atoms with Crippen LogP contribution in [0.2, 0.25) is 0 Å². The van der Waals surface area contributed by atoms with E-state index < -0.39 is 15.9 Å². The molecule has 154 valence electrons. The Morgan fingerprint density at radius 2 is 1.90 bits per heavy atom. The van der Waals surface area contributed by atoms with Crippen LogP contribution in [0.3, 0.4) is 0 Å². The summed E-state index contributed by atoms with van der Waals surface area (Å²) >= 11 is 0. The molecule has 0 aliphatic heterocycles. The molecule has 0 atom stereocenters. The van der Waals surface area contributed by atoms with Gasteiger partial charge in [-0.2, -0.15) is 0 Å². The number of benzene rings is 2. The molecular formula is C21H24N2O5S. The van der Waals surface area contributed by atoms with Crippen LogP contribution in [0, 0.1) is 0 Å². The Morgan fingerprint density at radius 3 is 2.66 bits per heavy atom. The summed E-state index contributed by atoms with van der Waals surface area (Å²) in [5.74, 6) is 0.337. The summed E-state index contributed by atoms with van der Waals surface area (Å²) in [4.78, 5) is 14.8. The summed E-state index contributed by atoms with van der Waals surface area (Å²) in [6.07, 6.45) is 3.48. The highest BCUT2D eigenvalue weighted by molar-refractivity contribution is 7.93. The van der Waals surface area contributed by atoms with Gasteiger partial charge in [-0.15, -0.1) is 4.83 Å². The third kappa shape index (κ3) is 4.96. The van der Waals surface area contributed by atoms with E-state index in [1.807, 2.05) is 31.2 Å². The number of allylic oxidation sites excluding steroid dienone is 1. The number of nitrogens with one attached hydrogen (secondary N) is 2. The van der Waals surface area contributed by atoms with Gasteiger partial charge in [-0.05, 0) is 54.7 Å². The first-order chi connectivity index (χ1) is 13.9. The molecule has 2 N–H and O–H groups in total. The van der Waals surface area contributed by atoms with Gasteiger partial charge in [0.05, 0.1) is 18.6 Å². The molecule has 0 saturated carbocycles. The van der Waals surface area contributed by atoms with Gasteiger partial charge in [0.2, 0.25) is 0 Å². The van der Waals surface area contributed by atoms with Crippen LogP contribution in [0.5, 0.6) is 11.5 Å². The van der Waals surface area contributed by atoms with E-state index in [4.69, 9.17) is 9.47 Å². The van der Waals surface area contributed by atoms with Crippen molar-refractivity contribution in [2.75, 3.05) is 13.7 Å². The van der Waals surface area contributed by atoms with Gasteiger partial charge in [-0.1, -0.05) is 31.2 Å². The topological polar surface area (TPSA) is 93.7 Å². The number of aryl methyl sites for hydroxylation is 1. The fourth-order valence-electron chi connectivity index (χ4n) is 3.01. The minimum absolute atomic E-state index is 0.234. The van der Waals surface area contributed by atoms with Gasteiger partial charge in [0.25, 0.3) is 15.9 Å². The number of hydrazine groups is 1. The number of hydrogen-bond acceptors (Lipinski definition) is 5. The summed E-state index contributed by atoms with van der Waals surface area (Å²) in [5.41, 5.74) is 4.48. The molecule has 1 amide bonds. The summed E-state index contributed by atoms with van der Waals surface area (Å²) in [7, 11) is -2.36. The molecule has 0 saturated heterocycles. The summed E-state index contributed by atoms with van der Waals surface area (Å²) in [6, 6.07) is 12.3. The van der Waals surface area contributed by atoms with Gasteiger partial charge < -0.3 is 9.47 Å². The smallest absolute Gasteiger partial charge is 0.266 e. The number of sulfonamides is 1. The Balaban J connectivity index is 1.69. The maximum Gasteiger partial charge on any atom is 0.266 e. The molecule has 0 radical (unpaired) electrons. The van der Waals surface area contributed by atoms with E-state index in [1.54, 1.807) is 18.2 Å². The lowest BCUT2D eigenvalue weighted by atomic mass is 9.98. The van der Waals surface area contributed by atoms with E-state index in [9.17, 15) is 13.2 Å². The van der Waals surface area contributed by atoms with Crippen molar-refractivity contribution >= 4 is 22.0 Å². The molecule has 0 bridgehead atoms. The van der Waals surface area contributed by atoms with E-state index >= 15 is 0 Å². The van der Waals surface area contributed by atoms with Gasteiger partial charge in [0, 0.05) is 5.56 Å². The highest BCUT2D eigenvalue weighted by atomic mass is 32.2. The Hall–Kier alpha value is -2.84. The molecule has 29 heavy (non-hydrogen) atoms. The molecular weight excluding hydrogens is 392 g/mol. The van der Waals surface area contributed by atoms with E-state index in [-0.39, 0.29) is 10.5 Å². The minimum atomic E-state index is -3.84. The first-order valence-corrected chi connectivity index (χ1v) is 10.8. The van der Waals surface area contributed by atoms with Crippen molar-refractivity contribution < 1.29 is 22.7 Å². The standard InChI is InChI=1S/C21H24N2O5S/c1-3-12-28-19-11-9-17(14-20(19)27-2)21(24)22-23-29(25,26)18-10-8-15-6-4-5-7-16(15)13-18/h4-7,9,11,13-14,23H,3,8,10,12H2,1-2H3,(H,22,24). The zero-order valence-corrected chi connectivity index (χ0v) is 17.2. The van der Waals surface area contributed by atoms with Crippen LogP contribution >= 0.6 is 0 Å². The van der Waals surface area contributed by atoms with Crippen molar-refractivity contribution in [2.45, 2.75) is 26.2 Å². The molecule has 1 aliphatic rings. The van der Waals surface area contributed by atoms with Crippen LogP contribution in [0.1, 0.15) is 41.3 Å². The van der Waals surface area contributed by atoms with E-state index in [0.717, 1.165) is 17.5 Å². The minimum Gasteiger partial charge on any atom is -0.493 e. The largest absolute Gasteiger partial charge is 0.493 e. The fourth-order valence-corrected chi connectivity index (χ4v) is 4.02. The molecule has 0 fully saturated rings. The van der Waals surface area contributed by atoms with Gasteiger partial charge in [-0.3, -0.25) is 10.2 Å². The van der Waals surface area contributed by atoms with Crippen LogP contribution in [-0.4, -0.2) is 28.0 Å². The summed E-state index contributed by atoms with van der Waals surface area (Å²) in [5, 5.41) is 0. The predicted molar refractivity (Wildman–Crippen MR) is 111 cm³/mol. The van der Waals surface area contributed by atoms with E-state index in [2.05, 4.69) is 10.3 Å². The fraction of sp³-hybridized carbons (Fsp3) is 0.286. The third-order valence-corrected chi connectivity index (χ3v) is 5.93. The maximum absolute atomic E-state index is 12.6. The molecule has 0 unspecified atom stereocenters. The van der Waals surface area contributed by atoms with Gasteiger partial charge in [0.1, 0.15) is 0 Å². The van der Waals surface area contributed by atoms with Crippen molar-refractivity contribution in [1.29, 1.82) is 0 Å². The van der Waals surface area contributed by atoms with Crippen molar-refractivity contribution in [3.8, 4) is 11.5 Å². The number of carbonyl (C=O) groups excluding carboxylic acids is 1. The highest BCUT2D eigenvalue weighted by Gasteiger charge is 2.22. The maximum atomic E-state index is 12.6. The first-order valence-electron chi connectivity index (χ1n) is 9.36. The lowest BCUT2D eigenvalue weighted by molar-refractivity contribution is 0.0945. The van der Waals surface area contributed by atoms with Crippen molar-refractivity contribution in [3.63, 3.8) is 0 Å². The monoisotopic (exact) mass is 416 g/mol. The normalized spacial score (nSPS) is 13.2. The van der Waals surface area contributed by atoms with Gasteiger partial charge in [-0.25, -0.2) is 8.42 Å². The SMILES string of the molecule is CCCOc1ccc(C(=O)NNS(=O)(=O)C2=Cc3ccccc3CC2)cc1OC. The molecule has 2 aromatic rings.